The van der Waals surface area contributed by atoms with Gasteiger partial charge in [0.15, 0.2) is 5.78 Å². The molecule has 3 heteroatoms. The fraction of sp³-hybridized carbons (Fsp3) is 0.300. The quantitative estimate of drug-likeness (QED) is 0.303. The standard InChI is InChI=1S/C20H24N2O/c1-3-4-6-9-18(14-17-10-7-5-8-11-17)12-13-20(23)19-15-21-22(2)16-19/h5,7-8,10-16H,3-4,6,9H2,1-2H3/b13-12+,18-14-. The largest absolute Gasteiger partial charge is 0.289 e. The third-order valence-corrected chi connectivity index (χ3v) is 3.66. The van der Waals surface area contributed by atoms with Gasteiger partial charge in [-0.05, 0) is 30.1 Å². The lowest BCUT2D eigenvalue weighted by Gasteiger charge is -2.03. The van der Waals surface area contributed by atoms with Crippen molar-refractivity contribution < 1.29 is 4.79 Å². The van der Waals surface area contributed by atoms with Gasteiger partial charge in [0.2, 0.25) is 0 Å². The minimum Gasteiger partial charge on any atom is -0.289 e. The third-order valence-electron chi connectivity index (χ3n) is 3.66. The smallest absolute Gasteiger partial charge is 0.188 e. The summed E-state index contributed by atoms with van der Waals surface area (Å²) in [7, 11) is 1.81. The van der Waals surface area contributed by atoms with E-state index in [9.17, 15) is 4.79 Å². The molecule has 0 bridgehead atoms. The summed E-state index contributed by atoms with van der Waals surface area (Å²) in [5.74, 6) is -0.00690. The number of benzene rings is 1. The summed E-state index contributed by atoms with van der Waals surface area (Å²) in [6.45, 7) is 2.20. The van der Waals surface area contributed by atoms with E-state index in [2.05, 4.69) is 30.2 Å². The molecule has 2 aromatic rings. The van der Waals surface area contributed by atoms with Crippen molar-refractivity contribution in [1.29, 1.82) is 0 Å². The van der Waals surface area contributed by atoms with Crippen LogP contribution >= 0.6 is 0 Å². The van der Waals surface area contributed by atoms with Gasteiger partial charge in [-0.3, -0.25) is 9.48 Å². The van der Waals surface area contributed by atoms with Gasteiger partial charge in [0.1, 0.15) is 0 Å². The van der Waals surface area contributed by atoms with Crippen molar-refractivity contribution in [2.24, 2.45) is 7.05 Å². The molecule has 0 atom stereocenters. The highest BCUT2D eigenvalue weighted by molar-refractivity contribution is 6.04. The first kappa shape index (κ1) is 16.9. The first-order valence-electron chi connectivity index (χ1n) is 8.15. The van der Waals surface area contributed by atoms with E-state index < -0.39 is 0 Å². The predicted octanol–water partition coefficient (Wildman–Crippen LogP) is 4.82. The van der Waals surface area contributed by atoms with Gasteiger partial charge in [-0.25, -0.2) is 0 Å². The zero-order chi connectivity index (χ0) is 16.5. The van der Waals surface area contributed by atoms with Crippen molar-refractivity contribution in [2.45, 2.75) is 32.6 Å². The maximum Gasteiger partial charge on any atom is 0.188 e. The van der Waals surface area contributed by atoms with Gasteiger partial charge in [0.25, 0.3) is 0 Å². The van der Waals surface area contributed by atoms with Gasteiger partial charge < -0.3 is 0 Å². The topological polar surface area (TPSA) is 34.9 Å². The van der Waals surface area contributed by atoms with Crippen molar-refractivity contribution in [3.05, 3.63) is 71.6 Å². The second kappa shape index (κ2) is 8.89. The molecular formula is C20H24N2O. The lowest BCUT2D eigenvalue weighted by atomic mass is 10.0. The van der Waals surface area contributed by atoms with Gasteiger partial charge >= 0.3 is 0 Å². The summed E-state index contributed by atoms with van der Waals surface area (Å²) in [4.78, 5) is 12.2. The molecule has 0 aliphatic rings. The van der Waals surface area contributed by atoms with E-state index in [1.165, 1.54) is 18.4 Å². The first-order valence-corrected chi connectivity index (χ1v) is 8.15. The molecule has 0 spiro atoms. The van der Waals surface area contributed by atoms with E-state index in [0.717, 1.165) is 18.4 Å². The molecule has 0 N–H and O–H groups in total. The molecule has 0 radical (unpaired) electrons. The van der Waals surface area contributed by atoms with Gasteiger partial charge in [0, 0.05) is 13.2 Å². The van der Waals surface area contributed by atoms with Gasteiger partial charge in [-0.1, -0.05) is 62.2 Å². The molecule has 1 heterocycles. The molecule has 120 valence electrons. The van der Waals surface area contributed by atoms with E-state index in [-0.39, 0.29) is 5.78 Å². The first-order chi connectivity index (χ1) is 11.2. The highest BCUT2D eigenvalue weighted by atomic mass is 16.1. The maximum absolute atomic E-state index is 12.2. The van der Waals surface area contributed by atoms with E-state index >= 15 is 0 Å². The van der Waals surface area contributed by atoms with Crippen LogP contribution < -0.4 is 0 Å². The van der Waals surface area contributed by atoms with Crippen molar-refractivity contribution in [3.8, 4) is 0 Å². The number of carbonyl (C=O) groups is 1. The van der Waals surface area contributed by atoms with Crippen LogP contribution in [0.4, 0.5) is 0 Å². The summed E-state index contributed by atoms with van der Waals surface area (Å²) in [6, 6.07) is 10.2. The molecule has 0 unspecified atom stereocenters. The zero-order valence-corrected chi connectivity index (χ0v) is 13.9. The lowest BCUT2D eigenvalue weighted by Crippen LogP contribution is -1.93. The summed E-state index contributed by atoms with van der Waals surface area (Å²) in [6.07, 6.45) is 13.6. The van der Waals surface area contributed by atoms with E-state index in [1.54, 1.807) is 23.2 Å². The molecule has 23 heavy (non-hydrogen) atoms. The second-order valence-corrected chi connectivity index (χ2v) is 5.69. The monoisotopic (exact) mass is 308 g/mol. The van der Waals surface area contributed by atoms with Crippen LogP contribution in [0.5, 0.6) is 0 Å². The number of hydrogen-bond acceptors (Lipinski definition) is 2. The Kier molecular flexibility index (Phi) is 6.55. The van der Waals surface area contributed by atoms with Crippen LogP contribution in [0.25, 0.3) is 6.08 Å². The summed E-state index contributed by atoms with van der Waals surface area (Å²) in [5, 5.41) is 4.04. The summed E-state index contributed by atoms with van der Waals surface area (Å²) >= 11 is 0. The summed E-state index contributed by atoms with van der Waals surface area (Å²) in [5.41, 5.74) is 2.97. The SMILES string of the molecule is CCCCCC(=C/c1ccccc1)/C=C/C(=O)c1cnn(C)c1. The number of hydrogen-bond donors (Lipinski definition) is 0. The van der Waals surface area contributed by atoms with Crippen LogP contribution in [-0.2, 0) is 7.05 Å². The Balaban J connectivity index is 2.11. The van der Waals surface area contributed by atoms with Crippen molar-refractivity contribution >= 4 is 11.9 Å². The van der Waals surface area contributed by atoms with Crippen LogP contribution in [0.1, 0.15) is 48.5 Å². The molecule has 0 aliphatic carbocycles. The molecular weight excluding hydrogens is 284 g/mol. The Hall–Kier alpha value is -2.42. The van der Waals surface area contributed by atoms with Crippen LogP contribution in [0.2, 0.25) is 0 Å². The van der Waals surface area contributed by atoms with Gasteiger partial charge in [0.05, 0.1) is 11.8 Å². The fourth-order valence-electron chi connectivity index (χ4n) is 2.37. The molecule has 0 saturated heterocycles. The van der Waals surface area contributed by atoms with Crippen LogP contribution in [0.15, 0.2) is 60.5 Å². The van der Waals surface area contributed by atoms with Crippen molar-refractivity contribution in [1.82, 2.24) is 9.78 Å². The third kappa shape index (κ3) is 5.70. The number of aromatic nitrogens is 2. The normalized spacial score (nSPS) is 12.0. The molecule has 0 saturated carbocycles. The molecule has 0 fully saturated rings. The Morgan fingerprint density at radius 2 is 1.96 bits per heavy atom. The van der Waals surface area contributed by atoms with E-state index in [0.29, 0.717) is 5.56 Å². The van der Waals surface area contributed by atoms with Crippen LogP contribution in [0, 0.1) is 0 Å². The zero-order valence-electron chi connectivity index (χ0n) is 13.9. The Morgan fingerprint density at radius 1 is 1.17 bits per heavy atom. The number of nitrogens with zero attached hydrogens (tertiary/aromatic N) is 2. The average Bonchev–Trinajstić information content (AvgIpc) is 3.00. The minimum absolute atomic E-state index is 0.00690. The van der Waals surface area contributed by atoms with Crippen LogP contribution in [-0.4, -0.2) is 15.6 Å². The predicted molar refractivity (Wildman–Crippen MR) is 95.2 cm³/mol. The molecule has 3 nitrogen and oxygen atoms in total. The Morgan fingerprint density at radius 3 is 2.61 bits per heavy atom. The molecule has 0 amide bonds. The number of carbonyl (C=O) groups excluding carboxylic acids is 1. The van der Waals surface area contributed by atoms with E-state index in [1.807, 2.05) is 31.3 Å². The number of allylic oxidation sites excluding steroid dienone is 3. The number of aryl methyl sites for hydroxylation is 1. The lowest BCUT2D eigenvalue weighted by molar-refractivity contribution is 0.104. The number of unbranched alkanes of at least 4 members (excludes halogenated alkanes) is 2. The van der Waals surface area contributed by atoms with Crippen molar-refractivity contribution in [3.63, 3.8) is 0 Å². The maximum atomic E-state index is 12.2. The number of ketones is 1. The minimum atomic E-state index is -0.00690. The van der Waals surface area contributed by atoms with Gasteiger partial charge in [-0.2, -0.15) is 5.10 Å². The molecule has 2 rings (SSSR count). The highest BCUT2D eigenvalue weighted by Crippen LogP contribution is 2.15. The van der Waals surface area contributed by atoms with Crippen LogP contribution in [0.3, 0.4) is 0 Å². The fourth-order valence-corrected chi connectivity index (χ4v) is 2.37. The van der Waals surface area contributed by atoms with Crippen molar-refractivity contribution in [2.75, 3.05) is 0 Å². The van der Waals surface area contributed by atoms with E-state index in [4.69, 9.17) is 0 Å². The molecule has 1 aromatic heterocycles. The Labute approximate surface area is 138 Å². The summed E-state index contributed by atoms with van der Waals surface area (Å²) < 4.78 is 1.64. The average molecular weight is 308 g/mol. The molecule has 0 aliphatic heterocycles. The number of rotatable bonds is 8. The second-order valence-electron chi connectivity index (χ2n) is 5.69. The molecule has 1 aromatic carbocycles. The highest BCUT2D eigenvalue weighted by Gasteiger charge is 2.04. The van der Waals surface area contributed by atoms with Gasteiger partial charge in [-0.15, -0.1) is 0 Å². The Bertz CT molecular complexity index is 681.